The first-order valence-corrected chi connectivity index (χ1v) is 9.85. The molecule has 2 aromatic carbocycles. The minimum absolute atomic E-state index is 0.0169. The predicted molar refractivity (Wildman–Crippen MR) is 113 cm³/mol. The van der Waals surface area contributed by atoms with Gasteiger partial charge >= 0.3 is 0 Å². The monoisotopic (exact) mass is 448 g/mol. The zero-order valence-corrected chi connectivity index (χ0v) is 18.1. The van der Waals surface area contributed by atoms with Crippen LogP contribution < -0.4 is 14.8 Å². The molecule has 0 radical (unpaired) electrons. The van der Waals surface area contributed by atoms with Crippen LogP contribution in [0.2, 0.25) is 0 Å². The van der Waals surface area contributed by atoms with Crippen LogP contribution in [0.4, 0.5) is 5.69 Å². The van der Waals surface area contributed by atoms with Gasteiger partial charge in [0, 0.05) is 31.3 Å². The van der Waals surface area contributed by atoms with Crippen molar-refractivity contribution in [3.8, 4) is 11.5 Å². The molecule has 0 unspecified atom stereocenters. The predicted octanol–water partition coefficient (Wildman–Crippen LogP) is 4.48. The second-order valence-corrected chi connectivity index (χ2v) is 6.96. The van der Waals surface area contributed by atoms with E-state index in [1.807, 2.05) is 38.1 Å². The van der Waals surface area contributed by atoms with Crippen molar-refractivity contribution in [2.75, 3.05) is 25.6 Å². The first-order chi connectivity index (χ1) is 13.4. The molecule has 0 saturated heterocycles. The van der Waals surface area contributed by atoms with E-state index < -0.39 is 0 Å². The molecule has 6 nitrogen and oxygen atoms in total. The van der Waals surface area contributed by atoms with Gasteiger partial charge in [-0.2, -0.15) is 0 Å². The van der Waals surface area contributed by atoms with Crippen molar-refractivity contribution < 1.29 is 19.1 Å². The molecule has 0 aromatic heterocycles. The van der Waals surface area contributed by atoms with Crippen molar-refractivity contribution in [3.05, 3.63) is 52.0 Å². The summed E-state index contributed by atoms with van der Waals surface area (Å²) < 4.78 is 11.5. The number of amides is 2. The summed E-state index contributed by atoms with van der Waals surface area (Å²) in [4.78, 5) is 26.1. The van der Waals surface area contributed by atoms with Crippen LogP contribution in [-0.4, -0.2) is 37.0 Å². The Morgan fingerprint density at radius 2 is 1.93 bits per heavy atom. The number of hydrogen-bond acceptors (Lipinski definition) is 4. The van der Waals surface area contributed by atoms with Gasteiger partial charge in [0.05, 0.1) is 18.2 Å². The van der Waals surface area contributed by atoms with Crippen LogP contribution in [0.1, 0.15) is 36.7 Å². The van der Waals surface area contributed by atoms with Crippen LogP contribution in [0.3, 0.4) is 0 Å². The Morgan fingerprint density at radius 3 is 2.54 bits per heavy atom. The molecule has 7 heteroatoms. The largest absolute Gasteiger partial charge is 0.493 e. The van der Waals surface area contributed by atoms with E-state index in [0.717, 1.165) is 5.56 Å². The Hall–Kier alpha value is -2.54. The average molecular weight is 449 g/mol. The molecule has 28 heavy (non-hydrogen) atoms. The van der Waals surface area contributed by atoms with E-state index in [2.05, 4.69) is 21.2 Å². The van der Waals surface area contributed by atoms with Gasteiger partial charge in [-0.3, -0.25) is 9.59 Å². The smallest absolute Gasteiger partial charge is 0.255 e. The number of carbonyl (C=O) groups is 2. The second kappa shape index (κ2) is 10.1. The van der Waals surface area contributed by atoms with Gasteiger partial charge in [0.1, 0.15) is 0 Å². The third-order valence-corrected chi connectivity index (χ3v) is 4.75. The van der Waals surface area contributed by atoms with Crippen molar-refractivity contribution in [2.24, 2.45) is 0 Å². The molecule has 1 N–H and O–H groups in total. The molecule has 2 rings (SSSR count). The molecule has 0 spiro atoms. The topological polar surface area (TPSA) is 67.9 Å². The molecule has 0 bridgehead atoms. The standard InChI is InChI=1S/C21H25BrN2O4/c1-5-24(14(3)25)13-15-8-7-9-17(10-15)23-21(26)16-11-18(22)20(28-6-2)19(12-16)27-4/h7-12H,5-6,13H2,1-4H3,(H,23,26). The first kappa shape index (κ1) is 21.8. The van der Waals surface area contributed by atoms with Crippen LogP contribution in [0.25, 0.3) is 0 Å². The highest BCUT2D eigenvalue weighted by molar-refractivity contribution is 9.10. The van der Waals surface area contributed by atoms with Gasteiger partial charge in [0.25, 0.3) is 5.91 Å². The van der Waals surface area contributed by atoms with Gasteiger partial charge in [0.15, 0.2) is 11.5 Å². The van der Waals surface area contributed by atoms with Crippen molar-refractivity contribution in [2.45, 2.75) is 27.3 Å². The maximum absolute atomic E-state index is 12.7. The third-order valence-electron chi connectivity index (χ3n) is 4.17. The minimum atomic E-state index is -0.266. The van der Waals surface area contributed by atoms with E-state index in [0.29, 0.717) is 46.9 Å². The van der Waals surface area contributed by atoms with Crippen LogP contribution >= 0.6 is 15.9 Å². The van der Waals surface area contributed by atoms with E-state index in [9.17, 15) is 9.59 Å². The van der Waals surface area contributed by atoms with E-state index in [1.165, 1.54) is 7.11 Å². The third kappa shape index (κ3) is 5.48. The van der Waals surface area contributed by atoms with E-state index in [-0.39, 0.29) is 11.8 Å². The molecule has 0 atom stereocenters. The van der Waals surface area contributed by atoms with Crippen LogP contribution in [0.15, 0.2) is 40.9 Å². The Balaban J connectivity index is 2.20. The summed E-state index contributed by atoms with van der Waals surface area (Å²) in [6.07, 6.45) is 0. The van der Waals surface area contributed by atoms with Crippen molar-refractivity contribution in [3.63, 3.8) is 0 Å². The van der Waals surface area contributed by atoms with Gasteiger partial charge in [0.2, 0.25) is 5.91 Å². The normalized spacial score (nSPS) is 10.3. The highest BCUT2D eigenvalue weighted by Crippen LogP contribution is 2.36. The fourth-order valence-electron chi connectivity index (χ4n) is 2.75. The highest BCUT2D eigenvalue weighted by Gasteiger charge is 2.16. The van der Waals surface area contributed by atoms with E-state index in [4.69, 9.17) is 9.47 Å². The number of ether oxygens (including phenoxy) is 2. The number of nitrogens with one attached hydrogen (secondary N) is 1. The molecule has 0 aliphatic rings. The lowest BCUT2D eigenvalue weighted by Crippen LogP contribution is -2.27. The molecular weight excluding hydrogens is 424 g/mol. The van der Waals surface area contributed by atoms with E-state index in [1.54, 1.807) is 24.0 Å². The van der Waals surface area contributed by atoms with Crippen molar-refractivity contribution in [1.82, 2.24) is 4.90 Å². The SMILES string of the molecule is CCOc1c(Br)cc(C(=O)Nc2cccc(CN(CC)C(C)=O)c2)cc1OC. The molecule has 2 amide bonds. The Kier molecular flexibility index (Phi) is 7.87. The zero-order chi connectivity index (χ0) is 20.7. The van der Waals surface area contributed by atoms with Gasteiger partial charge in [-0.1, -0.05) is 12.1 Å². The lowest BCUT2D eigenvalue weighted by atomic mass is 10.1. The van der Waals surface area contributed by atoms with Gasteiger partial charge in [-0.05, 0) is 59.6 Å². The van der Waals surface area contributed by atoms with Crippen LogP contribution in [0, 0.1) is 0 Å². The van der Waals surface area contributed by atoms with Gasteiger partial charge in [-0.15, -0.1) is 0 Å². The molecule has 0 fully saturated rings. The van der Waals surface area contributed by atoms with Gasteiger partial charge in [-0.25, -0.2) is 0 Å². The number of carbonyl (C=O) groups excluding carboxylic acids is 2. The Morgan fingerprint density at radius 1 is 1.18 bits per heavy atom. The van der Waals surface area contributed by atoms with Gasteiger partial charge < -0.3 is 19.7 Å². The van der Waals surface area contributed by atoms with Crippen molar-refractivity contribution >= 4 is 33.4 Å². The number of anilines is 1. The Bertz CT molecular complexity index is 854. The van der Waals surface area contributed by atoms with Crippen LogP contribution in [0.5, 0.6) is 11.5 Å². The van der Waals surface area contributed by atoms with Crippen molar-refractivity contribution in [1.29, 1.82) is 0 Å². The number of benzene rings is 2. The summed E-state index contributed by atoms with van der Waals surface area (Å²) in [5.41, 5.74) is 2.04. The van der Waals surface area contributed by atoms with Crippen LogP contribution in [-0.2, 0) is 11.3 Å². The maximum Gasteiger partial charge on any atom is 0.255 e. The lowest BCUT2D eigenvalue weighted by molar-refractivity contribution is -0.129. The quantitative estimate of drug-likeness (QED) is 0.646. The average Bonchev–Trinajstić information content (AvgIpc) is 2.67. The fraction of sp³-hybridized carbons (Fsp3) is 0.333. The molecule has 0 aliphatic heterocycles. The summed E-state index contributed by atoms with van der Waals surface area (Å²) in [6.45, 7) is 6.98. The fourth-order valence-corrected chi connectivity index (χ4v) is 3.31. The zero-order valence-electron chi connectivity index (χ0n) is 16.5. The molecular formula is C21H25BrN2O4. The molecule has 0 saturated carbocycles. The maximum atomic E-state index is 12.7. The number of rotatable bonds is 8. The first-order valence-electron chi connectivity index (χ1n) is 9.05. The minimum Gasteiger partial charge on any atom is -0.493 e. The summed E-state index contributed by atoms with van der Waals surface area (Å²) in [5.74, 6) is 0.795. The molecule has 0 heterocycles. The number of nitrogens with zero attached hydrogens (tertiary/aromatic N) is 1. The summed E-state index contributed by atoms with van der Waals surface area (Å²) >= 11 is 3.43. The second-order valence-electron chi connectivity index (χ2n) is 6.11. The number of hydrogen-bond donors (Lipinski definition) is 1. The molecule has 2 aromatic rings. The molecule has 150 valence electrons. The lowest BCUT2D eigenvalue weighted by Gasteiger charge is -2.19. The number of methoxy groups -OCH3 is 1. The summed E-state index contributed by atoms with van der Waals surface area (Å²) in [5, 5.41) is 2.89. The van der Waals surface area contributed by atoms with E-state index >= 15 is 0 Å². The highest BCUT2D eigenvalue weighted by atomic mass is 79.9. The number of halogens is 1. The summed E-state index contributed by atoms with van der Waals surface area (Å²) in [6, 6.07) is 10.8. The Labute approximate surface area is 174 Å². The molecule has 0 aliphatic carbocycles. The summed E-state index contributed by atoms with van der Waals surface area (Å²) in [7, 11) is 1.53.